The third-order valence-corrected chi connectivity index (χ3v) is 5.43. The summed E-state index contributed by atoms with van der Waals surface area (Å²) in [5.74, 6) is -0.518. The molecule has 3 fully saturated rings. The fraction of sp³-hybridized carbons (Fsp3) is 0.556. The van der Waals surface area contributed by atoms with Crippen molar-refractivity contribution >= 4 is 17.5 Å². The smallest absolute Gasteiger partial charge is 0.234 e. The van der Waals surface area contributed by atoms with Crippen LogP contribution in [-0.4, -0.2) is 62.0 Å². The topological polar surface area (TPSA) is 64.7 Å². The molecule has 0 radical (unpaired) electrons. The fourth-order valence-electron chi connectivity index (χ4n) is 3.87. The summed E-state index contributed by atoms with van der Waals surface area (Å²) < 4.78 is 0. The van der Waals surface area contributed by atoms with Crippen LogP contribution < -0.4 is 15.5 Å². The molecule has 2 N–H and O–H groups in total. The Labute approximate surface area is 142 Å². The average Bonchev–Trinajstić information content (AvgIpc) is 2.55. The predicted octanol–water partition coefficient (Wildman–Crippen LogP) is 0.301. The van der Waals surface area contributed by atoms with Crippen LogP contribution in [0.1, 0.15) is 24.3 Å². The molecule has 2 amide bonds. The van der Waals surface area contributed by atoms with Crippen molar-refractivity contribution in [1.82, 2.24) is 15.5 Å². The fourth-order valence-corrected chi connectivity index (χ4v) is 3.87. The van der Waals surface area contributed by atoms with Crippen molar-refractivity contribution < 1.29 is 9.59 Å². The summed E-state index contributed by atoms with van der Waals surface area (Å²) in [4.78, 5) is 28.2. The van der Waals surface area contributed by atoms with Crippen LogP contribution in [0.4, 0.5) is 5.69 Å². The van der Waals surface area contributed by atoms with Gasteiger partial charge >= 0.3 is 0 Å². The molecule has 1 aromatic rings. The van der Waals surface area contributed by atoms with Gasteiger partial charge in [-0.05, 0) is 24.1 Å². The van der Waals surface area contributed by atoms with Gasteiger partial charge in [0.1, 0.15) is 0 Å². The molecule has 3 aliphatic rings. The highest BCUT2D eigenvalue weighted by Gasteiger charge is 2.33. The van der Waals surface area contributed by atoms with E-state index in [9.17, 15) is 9.59 Å². The van der Waals surface area contributed by atoms with Gasteiger partial charge in [0.25, 0.3) is 0 Å². The van der Waals surface area contributed by atoms with Gasteiger partial charge < -0.3 is 10.2 Å². The Morgan fingerprint density at radius 1 is 1.00 bits per heavy atom. The number of carbonyl (C=O) groups is 2. The zero-order valence-electron chi connectivity index (χ0n) is 13.8. The predicted molar refractivity (Wildman–Crippen MR) is 92.0 cm³/mol. The Bertz CT molecular complexity index is 618. The van der Waals surface area contributed by atoms with Gasteiger partial charge in [0.05, 0.1) is 5.92 Å². The molecule has 0 bridgehead atoms. The number of carbonyl (C=O) groups excluding carboxylic acids is 2. The Morgan fingerprint density at radius 3 is 2.38 bits per heavy atom. The molecule has 6 nitrogen and oxygen atoms in total. The lowest BCUT2D eigenvalue weighted by atomic mass is 9.90. The van der Waals surface area contributed by atoms with Gasteiger partial charge in [-0.15, -0.1) is 0 Å². The van der Waals surface area contributed by atoms with Gasteiger partial charge in [-0.3, -0.25) is 19.8 Å². The third-order valence-electron chi connectivity index (χ3n) is 5.43. The van der Waals surface area contributed by atoms with E-state index in [1.54, 1.807) is 0 Å². The molecule has 3 heterocycles. The first-order chi connectivity index (χ1) is 11.7. The molecule has 0 aromatic heterocycles. The summed E-state index contributed by atoms with van der Waals surface area (Å²) in [6.45, 7) is 6.64. The molecule has 1 aromatic carbocycles. The zero-order chi connectivity index (χ0) is 16.5. The highest BCUT2D eigenvalue weighted by atomic mass is 16.2. The van der Waals surface area contributed by atoms with Crippen LogP contribution in [0, 0.1) is 0 Å². The lowest BCUT2D eigenvalue weighted by molar-refractivity contribution is -0.134. The molecule has 3 aliphatic heterocycles. The summed E-state index contributed by atoms with van der Waals surface area (Å²) in [5.41, 5.74) is 2.22. The third kappa shape index (κ3) is 3.03. The number of rotatable bonds is 3. The number of piperidine rings is 1. The van der Waals surface area contributed by atoms with Crippen LogP contribution in [-0.2, 0) is 9.59 Å². The second-order valence-electron chi connectivity index (χ2n) is 6.94. The van der Waals surface area contributed by atoms with E-state index in [1.807, 2.05) is 12.1 Å². The highest BCUT2D eigenvalue weighted by molar-refractivity contribution is 6.00. The first kappa shape index (κ1) is 15.6. The summed E-state index contributed by atoms with van der Waals surface area (Å²) in [5, 5.41) is 5.83. The highest BCUT2D eigenvalue weighted by Crippen LogP contribution is 2.29. The number of imide groups is 1. The monoisotopic (exact) mass is 328 g/mol. The van der Waals surface area contributed by atoms with E-state index in [1.165, 1.54) is 5.69 Å². The number of hydrogen-bond donors (Lipinski definition) is 2. The van der Waals surface area contributed by atoms with Crippen LogP contribution in [0.2, 0.25) is 0 Å². The van der Waals surface area contributed by atoms with Crippen molar-refractivity contribution in [2.24, 2.45) is 0 Å². The minimum atomic E-state index is -0.193. The quantitative estimate of drug-likeness (QED) is 0.782. The lowest BCUT2D eigenvalue weighted by Crippen LogP contribution is -2.62. The normalized spacial score (nSPS) is 26.2. The Morgan fingerprint density at radius 2 is 1.71 bits per heavy atom. The lowest BCUT2D eigenvalue weighted by Gasteiger charge is -2.48. The molecule has 4 rings (SSSR count). The van der Waals surface area contributed by atoms with Crippen molar-refractivity contribution in [3.05, 3.63) is 29.8 Å². The average molecular weight is 328 g/mol. The van der Waals surface area contributed by atoms with Crippen molar-refractivity contribution in [3.8, 4) is 0 Å². The van der Waals surface area contributed by atoms with Gasteiger partial charge in [-0.1, -0.05) is 12.1 Å². The molecule has 0 unspecified atom stereocenters. The number of anilines is 1. The molecule has 0 spiro atoms. The molecule has 0 aliphatic carbocycles. The molecular formula is C18H24N4O2. The van der Waals surface area contributed by atoms with E-state index in [-0.39, 0.29) is 17.7 Å². The van der Waals surface area contributed by atoms with Gasteiger partial charge in [-0.25, -0.2) is 0 Å². The van der Waals surface area contributed by atoms with E-state index < -0.39 is 0 Å². The minimum absolute atomic E-state index is 0.160. The van der Waals surface area contributed by atoms with E-state index >= 15 is 0 Å². The Balaban J connectivity index is 1.35. The van der Waals surface area contributed by atoms with Crippen molar-refractivity contribution in [2.75, 3.05) is 44.2 Å². The van der Waals surface area contributed by atoms with Gasteiger partial charge in [0, 0.05) is 57.4 Å². The van der Waals surface area contributed by atoms with E-state index in [4.69, 9.17) is 0 Å². The molecule has 24 heavy (non-hydrogen) atoms. The minimum Gasteiger partial charge on any atom is -0.368 e. The largest absolute Gasteiger partial charge is 0.368 e. The Kier molecular flexibility index (Phi) is 4.24. The van der Waals surface area contributed by atoms with E-state index in [0.717, 1.165) is 44.8 Å². The van der Waals surface area contributed by atoms with Crippen LogP contribution >= 0.6 is 0 Å². The molecule has 3 saturated heterocycles. The number of nitrogens with one attached hydrogen (secondary N) is 2. The van der Waals surface area contributed by atoms with Crippen LogP contribution in [0.5, 0.6) is 0 Å². The maximum atomic E-state index is 12.0. The zero-order valence-corrected chi connectivity index (χ0v) is 13.8. The van der Waals surface area contributed by atoms with Crippen LogP contribution in [0.15, 0.2) is 24.3 Å². The number of nitrogens with zero attached hydrogens (tertiary/aromatic N) is 2. The SMILES string of the molecule is O=C1CC[C@@H](c2ccc(N3CC(N4CCNCC4)C3)cc2)C(=O)N1. The van der Waals surface area contributed by atoms with E-state index in [0.29, 0.717) is 18.9 Å². The molecule has 0 saturated carbocycles. The van der Waals surface area contributed by atoms with Gasteiger partial charge in [0.15, 0.2) is 0 Å². The Hall–Kier alpha value is -1.92. The first-order valence-corrected chi connectivity index (χ1v) is 8.84. The van der Waals surface area contributed by atoms with Crippen LogP contribution in [0.3, 0.4) is 0 Å². The van der Waals surface area contributed by atoms with Crippen LogP contribution in [0.25, 0.3) is 0 Å². The second kappa shape index (κ2) is 6.53. The molecule has 6 heteroatoms. The van der Waals surface area contributed by atoms with Crippen molar-refractivity contribution in [3.63, 3.8) is 0 Å². The summed E-state index contributed by atoms with van der Waals surface area (Å²) in [6, 6.07) is 8.95. The summed E-state index contributed by atoms with van der Waals surface area (Å²) >= 11 is 0. The first-order valence-electron chi connectivity index (χ1n) is 8.84. The standard InChI is InChI=1S/C18H24N4O2/c23-17-6-5-16(18(24)20-17)13-1-3-14(4-2-13)22-11-15(12-22)21-9-7-19-8-10-21/h1-4,15-16,19H,5-12H2,(H,20,23,24)/t16-/m0/s1. The molecule has 128 valence electrons. The van der Waals surface area contributed by atoms with Gasteiger partial charge in [-0.2, -0.15) is 0 Å². The molecular weight excluding hydrogens is 304 g/mol. The number of piperazine rings is 1. The maximum Gasteiger partial charge on any atom is 0.234 e. The number of amides is 2. The number of benzene rings is 1. The molecule has 1 atom stereocenters. The van der Waals surface area contributed by atoms with Crippen molar-refractivity contribution in [2.45, 2.75) is 24.8 Å². The van der Waals surface area contributed by atoms with Gasteiger partial charge in [0.2, 0.25) is 11.8 Å². The number of hydrogen-bond acceptors (Lipinski definition) is 5. The summed E-state index contributed by atoms with van der Waals surface area (Å²) in [6.07, 6.45) is 1.04. The van der Waals surface area contributed by atoms with Crippen molar-refractivity contribution in [1.29, 1.82) is 0 Å². The van der Waals surface area contributed by atoms with E-state index in [2.05, 4.69) is 32.6 Å². The maximum absolute atomic E-state index is 12.0. The summed E-state index contributed by atoms with van der Waals surface area (Å²) in [7, 11) is 0. The second-order valence-corrected chi connectivity index (χ2v) is 6.94.